The zero-order valence-electron chi connectivity index (χ0n) is 13.4. The Morgan fingerprint density at radius 1 is 0.955 bits per heavy atom. The molecule has 0 radical (unpaired) electrons. The third kappa shape index (κ3) is 2.50. The second-order valence-corrected chi connectivity index (χ2v) is 5.93. The third-order valence-corrected chi connectivity index (χ3v) is 4.14. The van der Waals surface area contributed by atoms with E-state index in [1.807, 2.05) is 38.1 Å². The maximum Gasteiger partial charge on any atom is 0.258 e. The molecule has 2 N–H and O–H groups in total. The van der Waals surface area contributed by atoms with Gasteiger partial charge in [0.15, 0.2) is 0 Å². The van der Waals surface area contributed by atoms with E-state index in [0.29, 0.717) is 0 Å². The quantitative estimate of drug-likeness (QED) is 0.709. The van der Waals surface area contributed by atoms with Gasteiger partial charge >= 0.3 is 0 Å². The number of aryl methyl sites for hydroxylation is 4. The summed E-state index contributed by atoms with van der Waals surface area (Å²) in [5, 5.41) is 3.96. The summed E-state index contributed by atoms with van der Waals surface area (Å²) < 4.78 is 0. The first-order valence-electron chi connectivity index (χ1n) is 7.43. The third-order valence-electron chi connectivity index (χ3n) is 4.14. The molecule has 2 aromatic carbocycles. The summed E-state index contributed by atoms with van der Waals surface area (Å²) in [6, 6.07) is 12.0. The second-order valence-electron chi connectivity index (χ2n) is 5.93. The standard InChI is InChI=1S/C19H20N2O/c1-11-5-7-15(8-6-11)21-19(22)18-14(4)20-17-10-13(3)12(2)9-16(17)18/h5-10,20H,1-4H3,(H,21,22). The molecule has 22 heavy (non-hydrogen) atoms. The average molecular weight is 292 g/mol. The maximum absolute atomic E-state index is 12.7. The topological polar surface area (TPSA) is 44.9 Å². The molecule has 0 aliphatic carbocycles. The number of aromatic amines is 1. The summed E-state index contributed by atoms with van der Waals surface area (Å²) in [6.07, 6.45) is 0. The average Bonchev–Trinajstić information content (AvgIpc) is 2.77. The number of benzene rings is 2. The molecule has 0 spiro atoms. The van der Waals surface area contributed by atoms with Gasteiger partial charge in [0, 0.05) is 22.3 Å². The van der Waals surface area contributed by atoms with E-state index in [4.69, 9.17) is 0 Å². The number of hydrogen-bond acceptors (Lipinski definition) is 1. The van der Waals surface area contributed by atoms with Crippen molar-refractivity contribution in [2.24, 2.45) is 0 Å². The zero-order valence-corrected chi connectivity index (χ0v) is 13.4. The first kappa shape index (κ1) is 14.4. The largest absolute Gasteiger partial charge is 0.358 e. The number of hydrogen-bond donors (Lipinski definition) is 2. The molecule has 0 atom stereocenters. The summed E-state index contributed by atoms with van der Waals surface area (Å²) in [5.74, 6) is -0.0733. The van der Waals surface area contributed by atoms with Gasteiger partial charge in [0.2, 0.25) is 0 Å². The van der Waals surface area contributed by atoms with Gasteiger partial charge in [-0.3, -0.25) is 4.79 Å². The number of amides is 1. The van der Waals surface area contributed by atoms with Gasteiger partial charge in [0.1, 0.15) is 0 Å². The van der Waals surface area contributed by atoms with Gasteiger partial charge in [0.05, 0.1) is 5.56 Å². The van der Waals surface area contributed by atoms with E-state index in [1.54, 1.807) is 0 Å². The smallest absolute Gasteiger partial charge is 0.258 e. The van der Waals surface area contributed by atoms with E-state index in [-0.39, 0.29) is 5.91 Å². The summed E-state index contributed by atoms with van der Waals surface area (Å²) in [7, 11) is 0. The van der Waals surface area contributed by atoms with E-state index in [2.05, 4.69) is 36.3 Å². The number of rotatable bonds is 2. The summed E-state index contributed by atoms with van der Waals surface area (Å²) in [6.45, 7) is 8.12. The van der Waals surface area contributed by atoms with Crippen LogP contribution in [0, 0.1) is 27.7 Å². The van der Waals surface area contributed by atoms with Crippen molar-refractivity contribution in [2.45, 2.75) is 27.7 Å². The van der Waals surface area contributed by atoms with E-state index in [1.165, 1.54) is 16.7 Å². The molecule has 3 heteroatoms. The molecular weight excluding hydrogens is 272 g/mol. The minimum atomic E-state index is -0.0733. The fraction of sp³-hybridized carbons (Fsp3) is 0.211. The van der Waals surface area contributed by atoms with Crippen molar-refractivity contribution in [3.63, 3.8) is 0 Å². The molecule has 0 aliphatic heterocycles. The van der Waals surface area contributed by atoms with Crippen LogP contribution in [0.4, 0.5) is 5.69 Å². The predicted molar refractivity (Wildman–Crippen MR) is 91.6 cm³/mol. The van der Waals surface area contributed by atoms with Crippen molar-refractivity contribution in [2.75, 3.05) is 5.32 Å². The predicted octanol–water partition coefficient (Wildman–Crippen LogP) is 4.65. The Balaban J connectivity index is 2.01. The van der Waals surface area contributed by atoms with Crippen LogP contribution >= 0.6 is 0 Å². The van der Waals surface area contributed by atoms with Crippen LogP contribution in [0.1, 0.15) is 32.7 Å². The lowest BCUT2D eigenvalue weighted by Gasteiger charge is -2.06. The van der Waals surface area contributed by atoms with Gasteiger partial charge in [-0.25, -0.2) is 0 Å². The monoisotopic (exact) mass is 292 g/mol. The van der Waals surface area contributed by atoms with E-state index < -0.39 is 0 Å². The Morgan fingerprint density at radius 3 is 2.27 bits per heavy atom. The van der Waals surface area contributed by atoms with Crippen LogP contribution in [0.5, 0.6) is 0 Å². The molecule has 1 amide bonds. The first-order valence-corrected chi connectivity index (χ1v) is 7.43. The van der Waals surface area contributed by atoms with Gasteiger partial charge in [-0.15, -0.1) is 0 Å². The molecule has 0 unspecified atom stereocenters. The second kappa shape index (κ2) is 5.34. The number of nitrogens with one attached hydrogen (secondary N) is 2. The minimum Gasteiger partial charge on any atom is -0.358 e. The van der Waals surface area contributed by atoms with Crippen molar-refractivity contribution in [1.29, 1.82) is 0 Å². The highest BCUT2D eigenvalue weighted by Gasteiger charge is 2.17. The Kier molecular flexibility index (Phi) is 3.49. The van der Waals surface area contributed by atoms with Gasteiger partial charge in [-0.05, 0) is 63.1 Å². The molecule has 112 valence electrons. The van der Waals surface area contributed by atoms with Crippen molar-refractivity contribution < 1.29 is 4.79 Å². The van der Waals surface area contributed by atoms with E-state index in [9.17, 15) is 4.79 Å². The Hall–Kier alpha value is -2.55. The summed E-state index contributed by atoms with van der Waals surface area (Å²) in [5.41, 5.74) is 7.02. The Labute approximate surface area is 130 Å². The molecule has 3 nitrogen and oxygen atoms in total. The first-order chi connectivity index (χ1) is 10.5. The van der Waals surface area contributed by atoms with Crippen molar-refractivity contribution in [1.82, 2.24) is 4.98 Å². The molecule has 0 saturated heterocycles. The number of anilines is 1. The van der Waals surface area contributed by atoms with Crippen LogP contribution < -0.4 is 5.32 Å². The van der Waals surface area contributed by atoms with E-state index >= 15 is 0 Å². The molecule has 0 fully saturated rings. The normalized spacial score (nSPS) is 10.9. The molecule has 3 aromatic rings. The van der Waals surface area contributed by atoms with Gasteiger partial charge in [-0.2, -0.15) is 0 Å². The van der Waals surface area contributed by atoms with Crippen LogP contribution in [-0.4, -0.2) is 10.9 Å². The number of carbonyl (C=O) groups is 1. The zero-order chi connectivity index (χ0) is 15.9. The van der Waals surface area contributed by atoms with Crippen LogP contribution in [0.25, 0.3) is 10.9 Å². The number of aromatic nitrogens is 1. The maximum atomic E-state index is 12.7. The summed E-state index contributed by atoms with van der Waals surface area (Å²) >= 11 is 0. The molecule has 3 rings (SSSR count). The fourth-order valence-corrected chi connectivity index (χ4v) is 2.72. The van der Waals surface area contributed by atoms with Crippen LogP contribution in [0.15, 0.2) is 36.4 Å². The fourth-order valence-electron chi connectivity index (χ4n) is 2.72. The van der Waals surface area contributed by atoms with Crippen molar-refractivity contribution in [3.05, 3.63) is 64.3 Å². The van der Waals surface area contributed by atoms with Crippen LogP contribution in [-0.2, 0) is 0 Å². The van der Waals surface area contributed by atoms with Crippen molar-refractivity contribution in [3.8, 4) is 0 Å². The minimum absolute atomic E-state index is 0.0733. The lowest BCUT2D eigenvalue weighted by molar-refractivity contribution is 0.102. The van der Waals surface area contributed by atoms with Crippen LogP contribution in [0.3, 0.4) is 0 Å². The number of carbonyl (C=O) groups excluding carboxylic acids is 1. The van der Waals surface area contributed by atoms with E-state index in [0.717, 1.165) is 27.8 Å². The van der Waals surface area contributed by atoms with Crippen LogP contribution in [0.2, 0.25) is 0 Å². The highest BCUT2D eigenvalue weighted by Crippen LogP contribution is 2.26. The van der Waals surface area contributed by atoms with Gasteiger partial charge in [-0.1, -0.05) is 17.7 Å². The molecule has 0 bridgehead atoms. The highest BCUT2D eigenvalue weighted by atomic mass is 16.1. The molecule has 0 saturated carbocycles. The SMILES string of the molecule is Cc1ccc(NC(=O)c2c(C)[nH]c3cc(C)c(C)cc23)cc1. The molecule has 1 heterocycles. The van der Waals surface area contributed by atoms with Crippen molar-refractivity contribution >= 4 is 22.5 Å². The number of fused-ring (bicyclic) bond motifs is 1. The van der Waals surface area contributed by atoms with Gasteiger partial charge in [0.25, 0.3) is 5.91 Å². The number of H-pyrrole nitrogens is 1. The van der Waals surface area contributed by atoms with Gasteiger partial charge < -0.3 is 10.3 Å². The molecular formula is C19H20N2O. The Bertz CT molecular complexity index is 857. The lowest BCUT2D eigenvalue weighted by atomic mass is 10.0. The highest BCUT2D eigenvalue weighted by molar-refractivity contribution is 6.14. The summed E-state index contributed by atoms with van der Waals surface area (Å²) in [4.78, 5) is 16.0. The molecule has 1 aromatic heterocycles. The lowest BCUT2D eigenvalue weighted by Crippen LogP contribution is -2.12. The molecule has 0 aliphatic rings. The Morgan fingerprint density at radius 2 is 1.59 bits per heavy atom.